The van der Waals surface area contributed by atoms with Gasteiger partial charge >= 0.3 is 0 Å². The Labute approximate surface area is 121 Å². The van der Waals surface area contributed by atoms with Crippen molar-refractivity contribution in [2.45, 2.75) is 20.0 Å². The van der Waals surface area contributed by atoms with Crippen molar-refractivity contribution in [1.82, 2.24) is 5.32 Å². The number of benzene rings is 1. The first-order valence-electron chi connectivity index (χ1n) is 5.81. The van der Waals surface area contributed by atoms with Crippen molar-refractivity contribution >= 4 is 27.6 Å². The maximum Gasteiger partial charge on any atom is 0.261 e. The van der Waals surface area contributed by atoms with E-state index in [1.807, 2.05) is 0 Å². The van der Waals surface area contributed by atoms with Gasteiger partial charge in [-0.25, -0.2) is 0 Å². The fourth-order valence-electron chi connectivity index (χ4n) is 1.44. The Kier molecular flexibility index (Phi) is 5.76. The molecule has 0 heterocycles. The van der Waals surface area contributed by atoms with Gasteiger partial charge in [0.15, 0.2) is 11.9 Å². The Morgan fingerprint density at radius 3 is 2.79 bits per heavy atom. The molecule has 0 saturated carbocycles. The average Bonchev–Trinajstić information content (AvgIpc) is 2.37. The van der Waals surface area contributed by atoms with Crippen molar-refractivity contribution in [3.05, 3.63) is 40.9 Å². The van der Waals surface area contributed by atoms with Crippen LogP contribution in [0.1, 0.15) is 24.2 Å². The normalized spacial score (nSPS) is 11.5. The Morgan fingerprint density at radius 2 is 2.21 bits per heavy atom. The molecule has 0 bridgehead atoms. The molecule has 0 aliphatic rings. The highest BCUT2D eigenvalue weighted by Gasteiger charge is 2.17. The van der Waals surface area contributed by atoms with E-state index in [9.17, 15) is 9.59 Å². The van der Waals surface area contributed by atoms with Gasteiger partial charge in [0.25, 0.3) is 5.91 Å². The number of halogens is 1. The van der Waals surface area contributed by atoms with Gasteiger partial charge in [0, 0.05) is 11.0 Å². The van der Waals surface area contributed by atoms with E-state index >= 15 is 0 Å². The van der Waals surface area contributed by atoms with Gasteiger partial charge in [-0.2, -0.15) is 0 Å². The Morgan fingerprint density at radius 1 is 1.53 bits per heavy atom. The molecular formula is C14H16BrNO3. The molecule has 0 aliphatic carbocycles. The van der Waals surface area contributed by atoms with Crippen LogP contribution in [0.15, 0.2) is 35.3 Å². The van der Waals surface area contributed by atoms with E-state index in [-0.39, 0.29) is 11.7 Å². The maximum absolute atomic E-state index is 11.7. The molecule has 1 amide bonds. The van der Waals surface area contributed by atoms with Crippen molar-refractivity contribution in [2.75, 3.05) is 6.54 Å². The van der Waals surface area contributed by atoms with Crippen LogP contribution in [0, 0.1) is 0 Å². The lowest BCUT2D eigenvalue weighted by Gasteiger charge is -2.16. The molecule has 1 aromatic carbocycles. The molecule has 102 valence electrons. The zero-order valence-corrected chi connectivity index (χ0v) is 12.5. The minimum Gasteiger partial charge on any atom is -0.480 e. The quantitative estimate of drug-likeness (QED) is 0.646. The molecule has 0 aromatic heterocycles. The highest BCUT2D eigenvalue weighted by Crippen LogP contribution is 2.24. The predicted octanol–water partition coefficient (Wildman–Crippen LogP) is 2.72. The zero-order chi connectivity index (χ0) is 14.4. The summed E-state index contributed by atoms with van der Waals surface area (Å²) >= 11 is 3.30. The number of Topliss-reactive ketones (excluding diaryl/α,β-unsaturated/α-hetero) is 1. The average molecular weight is 326 g/mol. The minimum atomic E-state index is -0.681. The number of ketones is 1. The van der Waals surface area contributed by atoms with Crippen molar-refractivity contribution in [3.63, 3.8) is 0 Å². The van der Waals surface area contributed by atoms with Gasteiger partial charge in [-0.15, -0.1) is 6.58 Å². The molecule has 1 aromatic rings. The maximum atomic E-state index is 11.7. The standard InChI is InChI=1S/C14H16BrNO3/c1-4-7-16-14(18)10(3)19-13-6-5-11(15)8-12(13)9(2)17/h4-6,8,10H,1,7H2,2-3H3,(H,16,18). The van der Waals surface area contributed by atoms with Gasteiger partial charge in [-0.05, 0) is 32.0 Å². The van der Waals surface area contributed by atoms with Crippen LogP contribution in [0.5, 0.6) is 5.75 Å². The molecule has 0 saturated heterocycles. The number of hydrogen-bond acceptors (Lipinski definition) is 3. The molecule has 5 heteroatoms. The zero-order valence-electron chi connectivity index (χ0n) is 10.9. The highest BCUT2D eigenvalue weighted by atomic mass is 79.9. The van der Waals surface area contributed by atoms with Crippen molar-refractivity contribution < 1.29 is 14.3 Å². The van der Waals surface area contributed by atoms with Crippen LogP contribution in [-0.4, -0.2) is 24.3 Å². The summed E-state index contributed by atoms with van der Waals surface area (Å²) < 4.78 is 6.32. The van der Waals surface area contributed by atoms with Crippen molar-refractivity contribution in [1.29, 1.82) is 0 Å². The van der Waals surface area contributed by atoms with Gasteiger partial charge in [0.2, 0.25) is 0 Å². The molecule has 4 nitrogen and oxygen atoms in total. The third kappa shape index (κ3) is 4.52. The number of amides is 1. The van der Waals surface area contributed by atoms with E-state index in [0.29, 0.717) is 17.9 Å². The molecule has 0 aliphatic heterocycles. The second kappa shape index (κ2) is 7.09. The third-order valence-corrected chi connectivity index (χ3v) is 2.91. The van der Waals surface area contributed by atoms with E-state index in [0.717, 1.165) is 4.47 Å². The molecule has 0 radical (unpaired) electrons. The molecule has 1 unspecified atom stereocenters. The smallest absolute Gasteiger partial charge is 0.261 e. The summed E-state index contributed by atoms with van der Waals surface area (Å²) in [6.45, 7) is 6.98. The molecule has 1 rings (SSSR count). The van der Waals surface area contributed by atoms with Crippen LogP contribution in [0.4, 0.5) is 0 Å². The summed E-state index contributed by atoms with van der Waals surface area (Å²) in [4.78, 5) is 23.2. The molecule has 1 N–H and O–H groups in total. The highest BCUT2D eigenvalue weighted by molar-refractivity contribution is 9.10. The van der Waals surface area contributed by atoms with Crippen LogP contribution >= 0.6 is 15.9 Å². The summed E-state index contributed by atoms with van der Waals surface area (Å²) in [6.07, 6.45) is 0.907. The predicted molar refractivity (Wildman–Crippen MR) is 77.4 cm³/mol. The number of carbonyl (C=O) groups is 2. The Balaban J connectivity index is 2.84. The van der Waals surface area contributed by atoms with Crippen LogP contribution in [-0.2, 0) is 4.79 Å². The molecule has 1 atom stereocenters. The van der Waals surface area contributed by atoms with Gasteiger partial charge in [0.1, 0.15) is 5.75 Å². The third-order valence-electron chi connectivity index (χ3n) is 2.41. The number of rotatable bonds is 6. The van der Waals surface area contributed by atoms with Crippen LogP contribution in [0.3, 0.4) is 0 Å². The van der Waals surface area contributed by atoms with Gasteiger partial charge < -0.3 is 10.1 Å². The summed E-state index contributed by atoms with van der Waals surface area (Å²) in [7, 11) is 0. The molecule has 0 spiro atoms. The van der Waals surface area contributed by atoms with E-state index < -0.39 is 6.10 Å². The van der Waals surface area contributed by atoms with Gasteiger partial charge in [0.05, 0.1) is 5.56 Å². The van der Waals surface area contributed by atoms with E-state index in [1.54, 1.807) is 31.2 Å². The summed E-state index contributed by atoms with van der Waals surface area (Å²) in [5, 5.41) is 2.64. The summed E-state index contributed by atoms with van der Waals surface area (Å²) in [5.74, 6) is 0.0317. The fraction of sp³-hybridized carbons (Fsp3) is 0.286. The lowest BCUT2D eigenvalue weighted by atomic mass is 10.1. The number of carbonyl (C=O) groups excluding carboxylic acids is 2. The van der Waals surface area contributed by atoms with Crippen molar-refractivity contribution in [2.24, 2.45) is 0 Å². The summed E-state index contributed by atoms with van der Waals surface area (Å²) in [6, 6.07) is 5.10. The lowest BCUT2D eigenvalue weighted by molar-refractivity contribution is -0.127. The van der Waals surface area contributed by atoms with Crippen LogP contribution < -0.4 is 10.1 Å². The Hall–Kier alpha value is -1.62. The topological polar surface area (TPSA) is 55.4 Å². The molecule has 0 fully saturated rings. The first-order chi connectivity index (χ1) is 8.95. The van der Waals surface area contributed by atoms with Gasteiger partial charge in [-0.3, -0.25) is 9.59 Å². The van der Waals surface area contributed by atoms with E-state index in [2.05, 4.69) is 27.8 Å². The number of hydrogen-bond donors (Lipinski definition) is 1. The second-order valence-electron chi connectivity index (χ2n) is 3.99. The van der Waals surface area contributed by atoms with Crippen molar-refractivity contribution in [3.8, 4) is 5.75 Å². The molecule has 19 heavy (non-hydrogen) atoms. The summed E-state index contributed by atoms with van der Waals surface area (Å²) in [5.41, 5.74) is 0.442. The monoisotopic (exact) mass is 325 g/mol. The van der Waals surface area contributed by atoms with E-state index in [4.69, 9.17) is 4.74 Å². The lowest BCUT2D eigenvalue weighted by Crippen LogP contribution is -2.36. The second-order valence-corrected chi connectivity index (χ2v) is 4.91. The first kappa shape index (κ1) is 15.4. The SMILES string of the molecule is C=CCNC(=O)C(C)Oc1ccc(Br)cc1C(C)=O. The minimum absolute atomic E-state index is 0.116. The Bertz CT molecular complexity index is 499. The van der Waals surface area contributed by atoms with Crippen LogP contribution in [0.2, 0.25) is 0 Å². The number of ether oxygens (including phenoxy) is 1. The van der Waals surface area contributed by atoms with E-state index in [1.165, 1.54) is 6.92 Å². The fourth-order valence-corrected chi connectivity index (χ4v) is 1.80. The van der Waals surface area contributed by atoms with Crippen LogP contribution in [0.25, 0.3) is 0 Å². The molecular weight excluding hydrogens is 310 g/mol. The van der Waals surface area contributed by atoms with Gasteiger partial charge in [-0.1, -0.05) is 22.0 Å². The first-order valence-corrected chi connectivity index (χ1v) is 6.60. The number of nitrogens with one attached hydrogen (secondary N) is 1. The largest absolute Gasteiger partial charge is 0.480 e.